The zero-order valence-electron chi connectivity index (χ0n) is 7.99. The van der Waals surface area contributed by atoms with Gasteiger partial charge in [0, 0.05) is 5.71 Å². The highest BCUT2D eigenvalue weighted by Gasteiger charge is 1.93. The largest absolute Gasteiger partial charge is 0.404 e. The van der Waals surface area contributed by atoms with Crippen LogP contribution in [0.15, 0.2) is 47.1 Å². The maximum absolute atomic E-state index is 5.38. The zero-order chi connectivity index (χ0) is 9.68. The highest BCUT2D eigenvalue weighted by atomic mass is 14.7. The summed E-state index contributed by atoms with van der Waals surface area (Å²) in [5.41, 5.74) is 8.30. The number of rotatable bonds is 2. The van der Waals surface area contributed by atoms with Crippen molar-refractivity contribution in [1.29, 1.82) is 0 Å². The van der Waals surface area contributed by atoms with E-state index < -0.39 is 0 Å². The maximum Gasteiger partial charge on any atom is 0.0632 e. The fourth-order valence-corrected chi connectivity index (χ4v) is 0.905. The average Bonchev–Trinajstić information content (AvgIpc) is 2.18. The van der Waals surface area contributed by atoms with Crippen LogP contribution in [0.2, 0.25) is 0 Å². The van der Waals surface area contributed by atoms with Gasteiger partial charge < -0.3 is 5.73 Å². The smallest absolute Gasteiger partial charge is 0.0632 e. The Morgan fingerprint density at radius 3 is 2.38 bits per heavy atom. The van der Waals surface area contributed by atoms with Crippen LogP contribution < -0.4 is 5.73 Å². The van der Waals surface area contributed by atoms with E-state index in [1.807, 2.05) is 44.2 Å². The molecule has 2 nitrogen and oxygen atoms in total. The van der Waals surface area contributed by atoms with Gasteiger partial charge >= 0.3 is 0 Å². The van der Waals surface area contributed by atoms with E-state index in [4.69, 9.17) is 5.73 Å². The van der Waals surface area contributed by atoms with E-state index in [1.165, 1.54) is 0 Å². The Kier molecular flexibility index (Phi) is 3.26. The van der Waals surface area contributed by atoms with Crippen molar-refractivity contribution in [2.75, 3.05) is 0 Å². The van der Waals surface area contributed by atoms with Crippen molar-refractivity contribution in [1.82, 2.24) is 0 Å². The van der Waals surface area contributed by atoms with Crippen LogP contribution in [-0.4, -0.2) is 5.71 Å². The molecule has 0 amide bonds. The quantitative estimate of drug-likeness (QED) is 0.688. The molecule has 0 aliphatic heterocycles. The van der Waals surface area contributed by atoms with Gasteiger partial charge in [0.1, 0.15) is 0 Å². The normalized spacial score (nSPS) is 13.1. The summed E-state index contributed by atoms with van der Waals surface area (Å²) in [7, 11) is 0. The lowest BCUT2D eigenvalue weighted by Gasteiger charge is -1.99. The lowest BCUT2D eigenvalue weighted by molar-refractivity contribution is 1.41. The van der Waals surface area contributed by atoms with Gasteiger partial charge in [-0.15, -0.1) is 0 Å². The molecule has 1 rings (SSSR count). The van der Waals surface area contributed by atoms with Crippen molar-refractivity contribution in [2.24, 2.45) is 10.7 Å². The molecule has 0 saturated heterocycles. The number of hydrogen-bond acceptors (Lipinski definition) is 2. The topological polar surface area (TPSA) is 38.4 Å². The highest BCUT2D eigenvalue weighted by molar-refractivity contribution is 5.99. The first kappa shape index (κ1) is 9.52. The molecular formula is C11H14N2. The molecule has 1 aromatic carbocycles. The third-order valence-electron chi connectivity index (χ3n) is 1.87. The van der Waals surface area contributed by atoms with E-state index in [9.17, 15) is 0 Å². The molecule has 1 aromatic rings. The van der Waals surface area contributed by atoms with Crippen molar-refractivity contribution < 1.29 is 0 Å². The van der Waals surface area contributed by atoms with Crippen LogP contribution in [0.4, 0.5) is 5.69 Å². The van der Waals surface area contributed by atoms with Gasteiger partial charge in [-0.3, -0.25) is 4.99 Å². The van der Waals surface area contributed by atoms with Gasteiger partial charge in [0.05, 0.1) is 5.69 Å². The monoisotopic (exact) mass is 174 g/mol. The van der Waals surface area contributed by atoms with Gasteiger partial charge in [-0.25, -0.2) is 0 Å². The third kappa shape index (κ3) is 2.75. The molecule has 0 aliphatic rings. The van der Waals surface area contributed by atoms with Crippen molar-refractivity contribution in [2.45, 2.75) is 13.8 Å². The highest BCUT2D eigenvalue weighted by Crippen LogP contribution is 2.11. The Morgan fingerprint density at radius 2 is 1.85 bits per heavy atom. The molecular weight excluding hydrogens is 160 g/mol. The van der Waals surface area contributed by atoms with Gasteiger partial charge in [0.2, 0.25) is 0 Å². The minimum Gasteiger partial charge on any atom is -0.404 e. The Morgan fingerprint density at radius 1 is 1.23 bits per heavy atom. The predicted molar refractivity (Wildman–Crippen MR) is 57.2 cm³/mol. The van der Waals surface area contributed by atoms with Gasteiger partial charge in [-0.2, -0.15) is 0 Å². The molecule has 0 heterocycles. The second-order valence-corrected chi connectivity index (χ2v) is 2.88. The summed E-state index contributed by atoms with van der Waals surface area (Å²) in [6, 6.07) is 9.84. The van der Waals surface area contributed by atoms with Crippen LogP contribution in [0.1, 0.15) is 13.8 Å². The maximum atomic E-state index is 5.38. The molecule has 0 unspecified atom stereocenters. The van der Waals surface area contributed by atoms with Gasteiger partial charge in [0.25, 0.3) is 0 Å². The molecule has 0 bridgehead atoms. The summed E-state index contributed by atoms with van der Waals surface area (Å²) in [6.45, 7) is 3.90. The summed E-state index contributed by atoms with van der Waals surface area (Å²) < 4.78 is 0. The predicted octanol–water partition coefficient (Wildman–Crippen LogP) is 2.64. The first-order valence-corrected chi connectivity index (χ1v) is 4.23. The van der Waals surface area contributed by atoms with Crippen molar-refractivity contribution >= 4 is 11.4 Å². The summed E-state index contributed by atoms with van der Waals surface area (Å²) in [4.78, 5) is 4.40. The molecule has 0 spiro atoms. The van der Waals surface area contributed by atoms with Crippen molar-refractivity contribution in [3.05, 3.63) is 42.1 Å². The molecule has 68 valence electrons. The number of hydrogen-bond donors (Lipinski definition) is 1. The van der Waals surface area contributed by atoms with Gasteiger partial charge in [-0.05, 0) is 37.8 Å². The number of benzene rings is 1. The molecule has 0 fully saturated rings. The number of nitrogens with zero attached hydrogens (tertiary/aromatic N) is 1. The fraction of sp³-hybridized carbons (Fsp3) is 0.182. The summed E-state index contributed by atoms with van der Waals surface area (Å²) in [5.74, 6) is 0. The minimum absolute atomic E-state index is 0.953. The molecule has 0 aromatic heterocycles. The van der Waals surface area contributed by atoms with E-state index in [0.29, 0.717) is 0 Å². The van der Waals surface area contributed by atoms with Crippen molar-refractivity contribution in [3.63, 3.8) is 0 Å². The number of nitrogens with two attached hydrogens (primary N) is 1. The Labute approximate surface area is 78.8 Å². The minimum atomic E-state index is 0.953. The molecule has 0 aliphatic carbocycles. The van der Waals surface area contributed by atoms with Crippen LogP contribution >= 0.6 is 0 Å². The standard InChI is InChI=1S/C11H14N2/c1-9(8-12)10(2)13-11-6-4-3-5-7-11/h3-8H,12H2,1-2H3. The fourth-order valence-electron chi connectivity index (χ4n) is 0.905. The van der Waals surface area contributed by atoms with Crippen LogP contribution in [0.5, 0.6) is 0 Å². The lowest BCUT2D eigenvalue weighted by Crippen LogP contribution is -1.95. The van der Waals surface area contributed by atoms with Crippen LogP contribution in [0, 0.1) is 0 Å². The molecule has 0 radical (unpaired) electrons. The van der Waals surface area contributed by atoms with E-state index in [1.54, 1.807) is 6.20 Å². The summed E-state index contributed by atoms with van der Waals surface area (Å²) in [5, 5.41) is 0. The second-order valence-electron chi connectivity index (χ2n) is 2.88. The van der Waals surface area contributed by atoms with E-state index in [2.05, 4.69) is 4.99 Å². The van der Waals surface area contributed by atoms with Crippen LogP contribution in [-0.2, 0) is 0 Å². The Bertz CT molecular complexity index is 323. The SMILES string of the molecule is CC(=CN)C(C)=Nc1ccccc1. The first-order valence-electron chi connectivity index (χ1n) is 4.23. The Balaban J connectivity index is 2.89. The zero-order valence-corrected chi connectivity index (χ0v) is 7.99. The second kappa shape index (κ2) is 4.45. The van der Waals surface area contributed by atoms with Gasteiger partial charge in [0.15, 0.2) is 0 Å². The molecule has 2 heteroatoms. The number of para-hydroxylation sites is 1. The van der Waals surface area contributed by atoms with Crippen LogP contribution in [0.25, 0.3) is 0 Å². The van der Waals surface area contributed by atoms with E-state index in [0.717, 1.165) is 17.0 Å². The van der Waals surface area contributed by atoms with E-state index >= 15 is 0 Å². The summed E-state index contributed by atoms with van der Waals surface area (Å²) >= 11 is 0. The van der Waals surface area contributed by atoms with Crippen LogP contribution in [0.3, 0.4) is 0 Å². The molecule has 0 atom stereocenters. The lowest BCUT2D eigenvalue weighted by atomic mass is 10.2. The average molecular weight is 174 g/mol. The number of allylic oxidation sites excluding steroid dienone is 1. The third-order valence-corrected chi connectivity index (χ3v) is 1.87. The van der Waals surface area contributed by atoms with Gasteiger partial charge in [-0.1, -0.05) is 18.2 Å². The van der Waals surface area contributed by atoms with E-state index in [-0.39, 0.29) is 0 Å². The number of aliphatic imine (C=N–C) groups is 1. The first-order chi connectivity index (χ1) is 6.24. The molecule has 2 N–H and O–H groups in total. The molecule has 13 heavy (non-hydrogen) atoms. The summed E-state index contributed by atoms with van der Waals surface area (Å²) in [6.07, 6.45) is 1.57. The van der Waals surface area contributed by atoms with Crippen molar-refractivity contribution in [3.8, 4) is 0 Å². The Hall–Kier alpha value is -1.57. The molecule has 0 saturated carbocycles.